The molecule has 1 nitrogen and oxygen atoms in total. The zero-order valence-corrected chi connectivity index (χ0v) is 13.3. The molecule has 2 aromatic rings. The van der Waals surface area contributed by atoms with E-state index in [1.807, 2.05) is 49.4 Å². The number of benzene rings is 2. The summed E-state index contributed by atoms with van der Waals surface area (Å²) in [6.45, 7) is 4.13. The zero-order chi connectivity index (χ0) is 13.9. The van der Waals surface area contributed by atoms with Crippen molar-refractivity contribution in [2.45, 2.75) is 23.7 Å². The van der Waals surface area contributed by atoms with Gasteiger partial charge in [0.25, 0.3) is 0 Å². The second kappa shape index (κ2) is 5.87. The molecule has 0 saturated carbocycles. The highest BCUT2D eigenvalue weighted by Crippen LogP contribution is 2.35. The Morgan fingerprint density at radius 3 is 2.21 bits per heavy atom. The largest absolute Gasteiger partial charge is 0.294 e. The lowest BCUT2D eigenvalue weighted by molar-refractivity contribution is 0.0973. The Balaban J connectivity index is 2.16. The second-order valence-corrected chi connectivity index (χ2v) is 7.41. The van der Waals surface area contributed by atoms with Crippen molar-refractivity contribution in [2.24, 2.45) is 0 Å². The lowest BCUT2D eigenvalue weighted by Crippen LogP contribution is -2.18. The third kappa shape index (κ3) is 3.66. The van der Waals surface area contributed by atoms with Crippen LogP contribution in [0.2, 0.25) is 0 Å². The van der Waals surface area contributed by atoms with Gasteiger partial charge < -0.3 is 0 Å². The van der Waals surface area contributed by atoms with E-state index in [2.05, 4.69) is 41.6 Å². The number of ketones is 1. The number of hydrogen-bond donors (Lipinski definition) is 0. The fourth-order valence-corrected chi connectivity index (χ4v) is 2.74. The molecule has 0 fully saturated rings. The summed E-state index contributed by atoms with van der Waals surface area (Å²) in [7, 11) is 0. The van der Waals surface area contributed by atoms with Gasteiger partial charge in [0.1, 0.15) is 0 Å². The van der Waals surface area contributed by atoms with Crippen LogP contribution in [0.25, 0.3) is 0 Å². The van der Waals surface area contributed by atoms with Crippen molar-refractivity contribution in [3.63, 3.8) is 0 Å². The molecule has 98 valence electrons. The van der Waals surface area contributed by atoms with Crippen LogP contribution in [-0.2, 0) is 3.42 Å². The number of carbonyl (C=O) groups is 1. The van der Waals surface area contributed by atoms with Gasteiger partial charge in [-0.3, -0.25) is 4.79 Å². The molecule has 2 aromatic carbocycles. The summed E-state index contributed by atoms with van der Waals surface area (Å²) in [6.07, 6.45) is 0.515. The van der Waals surface area contributed by atoms with Gasteiger partial charge in [-0.25, -0.2) is 0 Å². The molecule has 0 aromatic heterocycles. The van der Waals surface area contributed by atoms with Crippen LogP contribution >= 0.6 is 22.6 Å². The third-order valence-electron chi connectivity index (χ3n) is 3.24. The first-order valence-electron chi connectivity index (χ1n) is 6.33. The maximum Gasteiger partial charge on any atom is 0.164 e. The molecule has 0 aliphatic heterocycles. The van der Waals surface area contributed by atoms with Crippen LogP contribution in [0.15, 0.2) is 54.6 Å². The molecule has 0 saturated heterocycles. The van der Waals surface area contributed by atoms with E-state index in [0.717, 1.165) is 5.56 Å². The standard InChI is InChI=1S/C17H17IO/c1-13-8-10-14(11-9-13)16(19)12-17(2,18)15-6-4-3-5-7-15/h3-11H,12H2,1-2H3. The second-order valence-electron chi connectivity index (χ2n) is 5.03. The summed E-state index contributed by atoms with van der Waals surface area (Å²) >= 11 is 2.37. The quantitative estimate of drug-likeness (QED) is 0.428. The first-order chi connectivity index (χ1) is 8.99. The Morgan fingerprint density at radius 1 is 1.05 bits per heavy atom. The van der Waals surface area contributed by atoms with Crippen molar-refractivity contribution < 1.29 is 4.79 Å². The van der Waals surface area contributed by atoms with Crippen molar-refractivity contribution in [3.05, 3.63) is 71.3 Å². The highest BCUT2D eigenvalue weighted by atomic mass is 127. The molecule has 1 atom stereocenters. The third-order valence-corrected chi connectivity index (χ3v) is 4.25. The van der Waals surface area contributed by atoms with Gasteiger partial charge in [0.15, 0.2) is 5.78 Å². The summed E-state index contributed by atoms with van der Waals surface area (Å²) in [4.78, 5) is 12.3. The Bertz CT molecular complexity index is 556. The molecular weight excluding hydrogens is 347 g/mol. The van der Waals surface area contributed by atoms with Crippen LogP contribution in [0.5, 0.6) is 0 Å². The number of hydrogen-bond acceptors (Lipinski definition) is 1. The van der Waals surface area contributed by atoms with Crippen LogP contribution in [0.3, 0.4) is 0 Å². The number of alkyl halides is 1. The molecule has 0 heterocycles. The van der Waals surface area contributed by atoms with Crippen molar-refractivity contribution >= 4 is 28.4 Å². The van der Waals surface area contributed by atoms with Crippen LogP contribution in [-0.4, -0.2) is 5.78 Å². The maximum atomic E-state index is 12.3. The van der Waals surface area contributed by atoms with E-state index in [4.69, 9.17) is 0 Å². The molecule has 19 heavy (non-hydrogen) atoms. The van der Waals surface area contributed by atoms with Crippen molar-refractivity contribution in [2.75, 3.05) is 0 Å². The van der Waals surface area contributed by atoms with Crippen LogP contribution in [0.4, 0.5) is 0 Å². The van der Waals surface area contributed by atoms with E-state index in [0.29, 0.717) is 6.42 Å². The van der Waals surface area contributed by atoms with E-state index in [-0.39, 0.29) is 9.20 Å². The number of aryl methyl sites for hydroxylation is 1. The summed E-state index contributed by atoms with van der Waals surface area (Å²) in [5, 5.41) is 0. The fraction of sp³-hybridized carbons (Fsp3) is 0.235. The first-order valence-corrected chi connectivity index (χ1v) is 7.41. The predicted molar refractivity (Wildman–Crippen MR) is 87.9 cm³/mol. The van der Waals surface area contributed by atoms with Gasteiger partial charge in [-0.05, 0) is 19.4 Å². The molecular formula is C17H17IO. The number of rotatable bonds is 4. The van der Waals surface area contributed by atoms with E-state index in [1.165, 1.54) is 11.1 Å². The molecule has 0 aliphatic carbocycles. The molecule has 2 heteroatoms. The van der Waals surface area contributed by atoms with E-state index in [1.54, 1.807) is 0 Å². The minimum Gasteiger partial charge on any atom is -0.294 e. The van der Waals surface area contributed by atoms with Gasteiger partial charge in [0.2, 0.25) is 0 Å². The smallest absolute Gasteiger partial charge is 0.164 e. The van der Waals surface area contributed by atoms with Crippen molar-refractivity contribution in [1.29, 1.82) is 0 Å². The molecule has 2 rings (SSSR count). The summed E-state index contributed by atoms with van der Waals surface area (Å²) in [6, 6.07) is 18.0. The molecule has 0 aliphatic rings. The monoisotopic (exact) mass is 364 g/mol. The van der Waals surface area contributed by atoms with Crippen molar-refractivity contribution in [1.82, 2.24) is 0 Å². The van der Waals surface area contributed by atoms with Gasteiger partial charge in [-0.1, -0.05) is 82.8 Å². The highest BCUT2D eigenvalue weighted by Gasteiger charge is 2.26. The fourth-order valence-electron chi connectivity index (χ4n) is 2.03. The summed E-state index contributed by atoms with van der Waals surface area (Å²) in [5.74, 6) is 0.195. The van der Waals surface area contributed by atoms with E-state index < -0.39 is 0 Å². The van der Waals surface area contributed by atoms with Gasteiger partial charge in [-0.15, -0.1) is 0 Å². The van der Waals surface area contributed by atoms with Gasteiger partial charge in [0.05, 0.1) is 3.42 Å². The molecule has 0 radical (unpaired) electrons. The van der Waals surface area contributed by atoms with Crippen LogP contribution in [0, 0.1) is 6.92 Å². The SMILES string of the molecule is Cc1ccc(C(=O)CC(C)(I)c2ccccc2)cc1. The van der Waals surface area contributed by atoms with E-state index in [9.17, 15) is 4.79 Å². The van der Waals surface area contributed by atoms with Crippen LogP contribution < -0.4 is 0 Å². The molecule has 1 unspecified atom stereocenters. The lowest BCUT2D eigenvalue weighted by Gasteiger charge is -2.22. The number of halogens is 1. The Labute approximate surface area is 128 Å². The highest BCUT2D eigenvalue weighted by molar-refractivity contribution is 14.1. The van der Waals surface area contributed by atoms with E-state index >= 15 is 0 Å². The zero-order valence-electron chi connectivity index (χ0n) is 11.2. The number of Topliss-reactive ketones (excluding diaryl/α,β-unsaturated/α-hetero) is 1. The average Bonchev–Trinajstić information content (AvgIpc) is 2.40. The summed E-state index contributed by atoms with van der Waals surface area (Å²) in [5.41, 5.74) is 3.16. The Morgan fingerprint density at radius 2 is 1.63 bits per heavy atom. The van der Waals surface area contributed by atoms with Gasteiger partial charge in [-0.2, -0.15) is 0 Å². The molecule has 0 spiro atoms. The lowest BCUT2D eigenvalue weighted by atomic mass is 9.93. The predicted octanol–water partition coefficient (Wildman–Crippen LogP) is 4.92. The van der Waals surface area contributed by atoms with Crippen molar-refractivity contribution in [3.8, 4) is 0 Å². The molecule has 0 N–H and O–H groups in total. The topological polar surface area (TPSA) is 17.1 Å². The van der Waals surface area contributed by atoms with Crippen LogP contribution in [0.1, 0.15) is 34.8 Å². The average molecular weight is 364 g/mol. The molecule has 0 bridgehead atoms. The Hall–Kier alpha value is -1.16. The maximum absolute atomic E-state index is 12.3. The minimum absolute atomic E-state index is 0.166. The van der Waals surface area contributed by atoms with Gasteiger partial charge >= 0.3 is 0 Å². The van der Waals surface area contributed by atoms with Gasteiger partial charge in [0, 0.05) is 12.0 Å². The number of carbonyl (C=O) groups excluding carboxylic acids is 1. The Kier molecular flexibility index (Phi) is 4.40. The minimum atomic E-state index is -0.166. The first kappa shape index (κ1) is 14.3. The normalized spacial score (nSPS) is 13.8. The molecule has 0 amide bonds. The summed E-state index contributed by atoms with van der Waals surface area (Å²) < 4.78 is -0.166.